The van der Waals surface area contributed by atoms with Gasteiger partial charge < -0.3 is 10.1 Å². The van der Waals surface area contributed by atoms with Crippen molar-refractivity contribution < 1.29 is 4.74 Å². The molecule has 0 amide bonds. The third kappa shape index (κ3) is 1.70. The second-order valence-corrected chi connectivity index (χ2v) is 4.97. The number of rotatable bonds is 1. The molecule has 0 atom stereocenters. The summed E-state index contributed by atoms with van der Waals surface area (Å²) in [5.41, 5.74) is 2.72. The summed E-state index contributed by atoms with van der Waals surface area (Å²) in [7, 11) is 0. The molecular weight excluding hydrogens is 222 g/mol. The van der Waals surface area contributed by atoms with Gasteiger partial charge in [0.05, 0.1) is 6.61 Å². The lowest BCUT2D eigenvalue weighted by Crippen LogP contribution is -2.27. The fourth-order valence-corrected chi connectivity index (χ4v) is 3.16. The van der Waals surface area contributed by atoms with Crippen LogP contribution in [0.5, 0.6) is 5.75 Å². The molecule has 0 radical (unpaired) electrons. The molecule has 1 aromatic rings. The van der Waals surface area contributed by atoms with Gasteiger partial charge in [0, 0.05) is 17.0 Å². The molecule has 86 valence electrons. The molecule has 3 rings (SSSR count). The Kier molecular flexibility index (Phi) is 2.78. The van der Waals surface area contributed by atoms with Crippen LogP contribution in [0.3, 0.4) is 0 Å². The van der Waals surface area contributed by atoms with Crippen LogP contribution in [-0.4, -0.2) is 19.7 Å². The molecule has 1 fully saturated rings. The lowest BCUT2D eigenvalue weighted by Gasteiger charge is -2.25. The van der Waals surface area contributed by atoms with Gasteiger partial charge in [0.2, 0.25) is 0 Å². The largest absolute Gasteiger partial charge is 0.493 e. The Bertz CT molecular complexity index is 399. The molecule has 0 bridgehead atoms. The average Bonchev–Trinajstić information content (AvgIpc) is 2.78. The summed E-state index contributed by atoms with van der Waals surface area (Å²) in [4.78, 5) is 0. The summed E-state index contributed by atoms with van der Waals surface area (Å²) in [6.45, 7) is 3.02. The van der Waals surface area contributed by atoms with Gasteiger partial charge in [-0.25, -0.2) is 0 Å². The first-order valence-corrected chi connectivity index (χ1v) is 6.39. The molecule has 16 heavy (non-hydrogen) atoms. The number of hydrogen-bond donors (Lipinski definition) is 1. The Hall–Kier alpha value is -0.730. The molecule has 0 unspecified atom stereocenters. The highest BCUT2D eigenvalue weighted by molar-refractivity contribution is 6.31. The first kappa shape index (κ1) is 10.4. The number of benzene rings is 1. The summed E-state index contributed by atoms with van der Waals surface area (Å²) >= 11 is 6.37. The Morgan fingerprint density at radius 2 is 2.06 bits per heavy atom. The van der Waals surface area contributed by atoms with Gasteiger partial charge in [0.1, 0.15) is 5.75 Å². The zero-order valence-electron chi connectivity index (χ0n) is 9.26. The first-order chi connectivity index (χ1) is 7.86. The number of fused-ring (bicyclic) bond motifs is 1. The van der Waals surface area contributed by atoms with E-state index in [0.717, 1.165) is 36.9 Å². The fourth-order valence-electron chi connectivity index (χ4n) is 2.82. The summed E-state index contributed by atoms with van der Waals surface area (Å²) < 4.78 is 5.61. The summed E-state index contributed by atoms with van der Waals surface area (Å²) in [6.07, 6.45) is 3.40. The molecular formula is C13H16ClNO. The molecule has 0 spiro atoms. The zero-order valence-corrected chi connectivity index (χ0v) is 10.0. The predicted octanol–water partition coefficient (Wildman–Crippen LogP) is 2.74. The molecule has 1 N–H and O–H groups in total. The van der Waals surface area contributed by atoms with Crippen molar-refractivity contribution in [3.05, 3.63) is 28.3 Å². The minimum absolute atomic E-state index is 0.616. The highest BCUT2D eigenvalue weighted by atomic mass is 35.5. The van der Waals surface area contributed by atoms with Gasteiger partial charge in [0.15, 0.2) is 0 Å². The van der Waals surface area contributed by atoms with E-state index in [9.17, 15) is 0 Å². The predicted molar refractivity (Wildman–Crippen MR) is 65.5 cm³/mol. The van der Waals surface area contributed by atoms with Gasteiger partial charge in [-0.1, -0.05) is 11.6 Å². The van der Waals surface area contributed by atoms with Crippen LogP contribution in [-0.2, 0) is 6.42 Å². The highest BCUT2D eigenvalue weighted by Crippen LogP contribution is 2.40. The number of piperidine rings is 1. The van der Waals surface area contributed by atoms with Gasteiger partial charge in [-0.2, -0.15) is 0 Å². The van der Waals surface area contributed by atoms with Crippen LogP contribution in [0.4, 0.5) is 0 Å². The van der Waals surface area contributed by atoms with Crippen molar-refractivity contribution in [2.24, 2.45) is 0 Å². The van der Waals surface area contributed by atoms with Gasteiger partial charge in [-0.05, 0) is 49.5 Å². The van der Waals surface area contributed by atoms with Crippen molar-refractivity contribution in [3.8, 4) is 5.75 Å². The monoisotopic (exact) mass is 237 g/mol. The normalized spacial score (nSPS) is 20.6. The third-order valence-corrected chi connectivity index (χ3v) is 3.95. The van der Waals surface area contributed by atoms with Crippen LogP contribution < -0.4 is 10.1 Å². The van der Waals surface area contributed by atoms with Gasteiger partial charge in [-0.3, -0.25) is 0 Å². The molecule has 0 aromatic heterocycles. The number of ether oxygens (including phenoxy) is 1. The van der Waals surface area contributed by atoms with E-state index in [1.807, 2.05) is 12.1 Å². The van der Waals surface area contributed by atoms with Crippen LogP contribution >= 0.6 is 11.6 Å². The van der Waals surface area contributed by atoms with Crippen LogP contribution in [0, 0.1) is 0 Å². The van der Waals surface area contributed by atoms with Crippen molar-refractivity contribution in [1.29, 1.82) is 0 Å². The van der Waals surface area contributed by atoms with Crippen molar-refractivity contribution >= 4 is 11.6 Å². The first-order valence-electron chi connectivity index (χ1n) is 6.01. The SMILES string of the molecule is Clc1ccc2c(c1C1CCNCC1)CCO2. The second kappa shape index (κ2) is 4.27. The maximum atomic E-state index is 6.37. The Morgan fingerprint density at radius 1 is 1.25 bits per heavy atom. The number of hydrogen-bond acceptors (Lipinski definition) is 2. The quantitative estimate of drug-likeness (QED) is 0.811. The molecule has 2 heterocycles. The van der Waals surface area contributed by atoms with Crippen molar-refractivity contribution in [1.82, 2.24) is 5.32 Å². The number of nitrogens with one attached hydrogen (secondary N) is 1. The van der Waals surface area contributed by atoms with Gasteiger partial charge in [0.25, 0.3) is 0 Å². The smallest absolute Gasteiger partial charge is 0.123 e. The standard InChI is InChI=1S/C13H16ClNO/c14-11-1-2-12-10(5-8-16-12)13(11)9-3-6-15-7-4-9/h1-2,9,15H,3-8H2. The van der Waals surface area contributed by atoms with Crippen molar-refractivity contribution in [3.63, 3.8) is 0 Å². The van der Waals surface area contributed by atoms with E-state index >= 15 is 0 Å². The molecule has 0 saturated carbocycles. The molecule has 2 aliphatic rings. The summed E-state index contributed by atoms with van der Waals surface area (Å²) in [5.74, 6) is 1.67. The van der Waals surface area contributed by atoms with E-state index in [2.05, 4.69) is 5.32 Å². The minimum Gasteiger partial charge on any atom is -0.493 e. The second-order valence-electron chi connectivity index (χ2n) is 4.56. The van der Waals surface area contributed by atoms with Gasteiger partial charge in [-0.15, -0.1) is 0 Å². The van der Waals surface area contributed by atoms with E-state index in [-0.39, 0.29) is 0 Å². The van der Waals surface area contributed by atoms with Crippen LogP contribution in [0.1, 0.15) is 29.9 Å². The average molecular weight is 238 g/mol. The van der Waals surface area contributed by atoms with E-state index in [4.69, 9.17) is 16.3 Å². The number of halogens is 1. The molecule has 0 aliphatic carbocycles. The molecule has 2 nitrogen and oxygen atoms in total. The lowest BCUT2D eigenvalue weighted by atomic mass is 9.86. The highest BCUT2D eigenvalue weighted by Gasteiger charge is 2.25. The maximum absolute atomic E-state index is 6.37. The van der Waals surface area contributed by atoms with E-state index in [0.29, 0.717) is 5.92 Å². The molecule has 2 aliphatic heterocycles. The van der Waals surface area contributed by atoms with E-state index < -0.39 is 0 Å². The van der Waals surface area contributed by atoms with E-state index in [1.54, 1.807) is 0 Å². The summed E-state index contributed by atoms with van der Waals surface area (Å²) in [6, 6.07) is 4.00. The lowest BCUT2D eigenvalue weighted by molar-refractivity contribution is 0.357. The van der Waals surface area contributed by atoms with Crippen molar-refractivity contribution in [2.75, 3.05) is 19.7 Å². The Labute approximate surface area is 101 Å². The van der Waals surface area contributed by atoms with Gasteiger partial charge >= 0.3 is 0 Å². The molecule has 3 heteroatoms. The fraction of sp³-hybridized carbons (Fsp3) is 0.538. The third-order valence-electron chi connectivity index (χ3n) is 3.62. The minimum atomic E-state index is 0.616. The summed E-state index contributed by atoms with van der Waals surface area (Å²) in [5, 5.41) is 4.32. The van der Waals surface area contributed by atoms with Crippen LogP contribution in [0.15, 0.2) is 12.1 Å². The Balaban J connectivity index is 2.01. The van der Waals surface area contributed by atoms with Crippen molar-refractivity contribution in [2.45, 2.75) is 25.2 Å². The van der Waals surface area contributed by atoms with Crippen LogP contribution in [0.25, 0.3) is 0 Å². The maximum Gasteiger partial charge on any atom is 0.123 e. The zero-order chi connectivity index (χ0) is 11.0. The molecule has 1 saturated heterocycles. The topological polar surface area (TPSA) is 21.3 Å². The van der Waals surface area contributed by atoms with E-state index in [1.165, 1.54) is 24.0 Å². The van der Waals surface area contributed by atoms with Crippen LogP contribution in [0.2, 0.25) is 5.02 Å². The Morgan fingerprint density at radius 3 is 2.88 bits per heavy atom. The molecule has 1 aromatic carbocycles.